The van der Waals surface area contributed by atoms with Gasteiger partial charge in [-0.3, -0.25) is 9.59 Å². The Morgan fingerprint density at radius 2 is 2.00 bits per heavy atom. The zero-order valence-corrected chi connectivity index (χ0v) is 13.6. The lowest BCUT2D eigenvalue weighted by molar-refractivity contribution is -0.142. The fourth-order valence-corrected chi connectivity index (χ4v) is 5.36. The summed E-state index contributed by atoms with van der Waals surface area (Å²) < 4.78 is 0. The highest BCUT2D eigenvalue weighted by atomic mass is 16.4. The summed E-state index contributed by atoms with van der Waals surface area (Å²) in [7, 11) is 0. The number of allylic oxidation sites excluding steroid dienone is 4. The van der Waals surface area contributed by atoms with E-state index < -0.39 is 5.97 Å². The Bertz CT molecular complexity index is 720. The molecule has 6 rings (SSSR count). The zero-order valence-electron chi connectivity index (χ0n) is 13.6. The van der Waals surface area contributed by atoms with Crippen LogP contribution in [0.3, 0.4) is 0 Å². The first-order chi connectivity index (χ1) is 11.6. The minimum atomic E-state index is -0.647. The van der Waals surface area contributed by atoms with E-state index >= 15 is 0 Å². The zero-order chi connectivity index (χ0) is 16.4. The highest BCUT2D eigenvalue weighted by molar-refractivity contribution is 5.88. The molecule has 4 atom stereocenters. The Morgan fingerprint density at radius 1 is 1.17 bits per heavy atom. The van der Waals surface area contributed by atoms with Crippen LogP contribution in [0, 0.1) is 17.8 Å². The molecule has 0 unspecified atom stereocenters. The van der Waals surface area contributed by atoms with E-state index in [0.29, 0.717) is 24.9 Å². The number of ketones is 1. The van der Waals surface area contributed by atoms with Crippen molar-refractivity contribution < 1.29 is 14.7 Å². The topological polar surface area (TPSA) is 60.9 Å². The number of rotatable bonds is 2. The molecule has 24 heavy (non-hydrogen) atoms. The van der Waals surface area contributed by atoms with E-state index in [1.165, 1.54) is 12.1 Å². The molecule has 5 nitrogen and oxygen atoms in total. The van der Waals surface area contributed by atoms with Gasteiger partial charge in [0, 0.05) is 42.0 Å². The Labute approximate surface area is 141 Å². The van der Waals surface area contributed by atoms with Crippen molar-refractivity contribution in [2.75, 3.05) is 13.1 Å². The fourth-order valence-electron chi connectivity index (χ4n) is 5.36. The number of hydrogen-bond donors (Lipinski definition) is 1. The second kappa shape index (κ2) is 4.98. The molecule has 6 aliphatic rings. The molecule has 0 aromatic heterocycles. The van der Waals surface area contributed by atoms with E-state index in [1.54, 1.807) is 0 Å². The molecule has 0 amide bonds. The molecule has 0 spiro atoms. The summed E-state index contributed by atoms with van der Waals surface area (Å²) in [6, 6.07) is 0.358. The van der Waals surface area contributed by atoms with E-state index in [9.17, 15) is 14.7 Å². The lowest BCUT2D eigenvalue weighted by Gasteiger charge is -2.44. The summed E-state index contributed by atoms with van der Waals surface area (Å²) in [5, 5.41) is 9.63. The van der Waals surface area contributed by atoms with Crippen LogP contribution in [0.15, 0.2) is 35.3 Å². The standard InChI is InChI=1S/C19H22N2O3/c22-18-10-20-12-5-11(18)6-13(20)8-14(7-12)21-9-16(19(23)24)15-3-1-2-4-17(15)21/h5,7-8,11,15-17H,1-4,6,9-10H2,(H,23,24)/t11-,15-,16+,17-/m0/s1. The van der Waals surface area contributed by atoms with Gasteiger partial charge in [0.25, 0.3) is 0 Å². The van der Waals surface area contributed by atoms with E-state index in [4.69, 9.17) is 0 Å². The van der Waals surface area contributed by atoms with E-state index in [1.807, 2.05) is 0 Å². The number of hydrogen-bond acceptors (Lipinski definition) is 4. The maximum atomic E-state index is 11.9. The van der Waals surface area contributed by atoms with Crippen molar-refractivity contribution in [1.29, 1.82) is 0 Å². The van der Waals surface area contributed by atoms with Gasteiger partial charge >= 0.3 is 5.97 Å². The van der Waals surface area contributed by atoms with E-state index in [-0.39, 0.29) is 17.8 Å². The maximum absolute atomic E-state index is 11.9. The van der Waals surface area contributed by atoms with E-state index in [0.717, 1.165) is 37.1 Å². The molecule has 2 saturated heterocycles. The first-order valence-corrected chi connectivity index (χ1v) is 9.05. The van der Waals surface area contributed by atoms with Gasteiger partial charge in [0.1, 0.15) is 0 Å². The highest BCUT2D eigenvalue weighted by Gasteiger charge is 2.47. The number of fused-ring (bicyclic) bond motifs is 2. The van der Waals surface area contributed by atoms with Gasteiger partial charge in [-0.2, -0.15) is 0 Å². The van der Waals surface area contributed by atoms with Crippen molar-refractivity contribution in [2.24, 2.45) is 17.8 Å². The number of Topliss-reactive ketones (excluding diaryl/α,β-unsaturated/α-hetero) is 1. The second-order valence-corrected chi connectivity index (χ2v) is 7.77. The average molecular weight is 326 g/mol. The van der Waals surface area contributed by atoms with Crippen LogP contribution in [0.2, 0.25) is 0 Å². The predicted octanol–water partition coefficient (Wildman–Crippen LogP) is 2.13. The highest BCUT2D eigenvalue weighted by Crippen LogP contribution is 2.45. The normalized spacial score (nSPS) is 37.0. The molecule has 1 N–H and O–H groups in total. The minimum absolute atomic E-state index is 0.0434. The van der Waals surface area contributed by atoms with Crippen molar-refractivity contribution in [3.8, 4) is 0 Å². The fraction of sp³-hybridized carbons (Fsp3) is 0.579. The second-order valence-electron chi connectivity index (χ2n) is 7.77. The quantitative estimate of drug-likeness (QED) is 0.842. The third-order valence-electron chi connectivity index (χ3n) is 6.54. The van der Waals surface area contributed by atoms with Crippen LogP contribution in [0.4, 0.5) is 0 Å². The average Bonchev–Trinajstić information content (AvgIpc) is 2.94. The molecule has 1 saturated carbocycles. The van der Waals surface area contributed by atoms with Gasteiger partial charge in [-0.15, -0.1) is 0 Å². The maximum Gasteiger partial charge on any atom is 0.308 e. The number of piperidine rings is 1. The summed E-state index contributed by atoms with van der Waals surface area (Å²) >= 11 is 0. The Balaban J connectivity index is 1.49. The van der Waals surface area contributed by atoms with Crippen LogP contribution in [0.25, 0.3) is 0 Å². The molecule has 1 aliphatic carbocycles. The molecule has 0 radical (unpaired) electrons. The van der Waals surface area contributed by atoms with Crippen molar-refractivity contribution in [1.82, 2.24) is 9.80 Å². The van der Waals surface area contributed by atoms with Crippen LogP contribution in [0.5, 0.6) is 0 Å². The van der Waals surface area contributed by atoms with Gasteiger partial charge < -0.3 is 14.9 Å². The summed E-state index contributed by atoms with van der Waals surface area (Å²) in [6.45, 7) is 1.12. The molecule has 126 valence electrons. The van der Waals surface area contributed by atoms with Crippen molar-refractivity contribution in [3.63, 3.8) is 0 Å². The third-order valence-corrected chi connectivity index (χ3v) is 6.54. The van der Waals surface area contributed by atoms with Gasteiger partial charge in [-0.25, -0.2) is 0 Å². The number of aliphatic carboxylic acids is 1. The van der Waals surface area contributed by atoms with Crippen LogP contribution >= 0.6 is 0 Å². The predicted molar refractivity (Wildman–Crippen MR) is 87.6 cm³/mol. The molecule has 0 aromatic carbocycles. The van der Waals surface area contributed by atoms with Gasteiger partial charge in [0.05, 0.1) is 12.5 Å². The van der Waals surface area contributed by atoms with Gasteiger partial charge in [0.2, 0.25) is 0 Å². The lowest BCUT2D eigenvalue weighted by atomic mass is 9.79. The smallest absolute Gasteiger partial charge is 0.308 e. The Morgan fingerprint density at radius 3 is 2.75 bits per heavy atom. The van der Waals surface area contributed by atoms with E-state index in [2.05, 4.69) is 28.0 Å². The van der Waals surface area contributed by atoms with Crippen LogP contribution < -0.4 is 0 Å². The van der Waals surface area contributed by atoms with Crippen molar-refractivity contribution in [3.05, 3.63) is 35.3 Å². The number of carboxylic acid groups (broad SMARTS) is 1. The Kier molecular flexibility index (Phi) is 2.97. The largest absolute Gasteiger partial charge is 0.481 e. The molecular weight excluding hydrogens is 304 g/mol. The van der Waals surface area contributed by atoms with Crippen LogP contribution in [-0.4, -0.2) is 45.8 Å². The molecular formula is C19H22N2O3. The summed E-state index contributed by atoms with van der Waals surface area (Å²) in [4.78, 5) is 28.1. The summed E-state index contributed by atoms with van der Waals surface area (Å²) in [6.07, 6.45) is 11.7. The van der Waals surface area contributed by atoms with Gasteiger partial charge in [0.15, 0.2) is 5.78 Å². The van der Waals surface area contributed by atoms with Crippen LogP contribution in [0.1, 0.15) is 32.1 Å². The Hall–Kier alpha value is -2.04. The minimum Gasteiger partial charge on any atom is -0.481 e. The SMILES string of the molecule is O=C1CN2C3=C[C@H]1CC2=CC(N1C[C@@H](C(=O)O)[C@@H]2CCCC[C@@H]21)=C3. The lowest BCUT2D eigenvalue weighted by Crippen LogP contribution is -2.45. The van der Waals surface area contributed by atoms with Crippen LogP contribution in [-0.2, 0) is 9.59 Å². The van der Waals surface area contributed by atoms with Crippen molar-refractivity contribution in [2.45, 2.75) is 38.1 Å². The molecule has 4 bridgehead atoms. The first kappa shape index (κ1) is 14.3. The third kappa shape index (κ3) is 1.93. The molecule has 5 aliphatic heterocycles. The molecule has 5 heterocycles. The first-order valence-electron chi connectivity index (χ1n) is 9.05. The van der Waals surface area contributed by atoms with Crippen molar-refractivity contribution >= 4 is 11.8 Å². The number of carboxylic acids is 1. The van der Waals surface area contributed by atoms with Gasteiger partial charge in [-0.1, -0.05) is 12.8 Å². The monoisotopic (exact) mass is 326 g/mol. The number of carbonyl (C=O) groups is 2. The summed E-state index contributed by atoms with van der Waals surface area (Å²) in [5.41, 5.74) is 3.51. The molecule has 3 fully saturated rings. The molecule has 5 heteroatoms. The van der Waals surface area contributed by atoms with Gasteiger partial charge in [-0.05, 0) is 37.0 Å². The number of carbonyl (C=O) groups excluding carboxylic acids is 1. The number of nitrogens with zero attached hydrogens (tertiary/aromatic N) is 2. The molecule has 0 aromatic rings. The number of likely N-dealkylation sites (tertiary alicyclic amines) is 1. The summed E-state index contributed by atoms with van der Waals surface area (Å²) in [5.74, 6) is -0.256.